The van der Waals surface area contributed by atoms with Gasteiger partial charge in [0.1, 0.15) is 11.0 Å². The van der Waals surface area contributed by atoms with Crippen molar-refractivity contribution in [2.45, 2.75) is 19.4 Å². The van der Waals surface area contributed by atoms with Crippen molar-refractivity contribution < 1.29 is 9.53 Å². The van der Waals surface area contributed by atoms with Gasteiger partial charge in [-0.1, -0.05) is 36.5 Å². The van der Waals surface area contributed by atoms with Crippen molar-refractivity contribution in [3.8, 4) is 0 Å². The quantitative estimate of drug-likeness (QED) is 0.622. The molecule has 2 rings (SSSR count). The molecule has 0 aromatic heterocycles. The highest BCUT2D eigenvalue weighted by Crippen LogP contribution is 2.17. The van der Waals surface area contributed by atoms with Gasteiger partial charge in [-0.05, 0) is 12.5 Å². The average Bonchev–Trinajstić information content (AvgIpc) is 2.29. The highest BCUT2D eigenvalue weighted by Gasteiger charge is 2.27. The van der Waals surface area contributed by atoms with E-state index in [2.05, 4.69) is 5.32 Å². The first-order valence-corrected chi connectivity index (χ1v) is 5.68. The molecule has 1 atom stereocenters. The summed E-state index contributed by atoms with van der Waals surface area (Å²) in [6, 6.07) is 7.51. The molecule has 1 aromatic rings. The highest BCUT2D eigenvalue weighted by atomic mass is 32.1. The summed E-state index contributed by atoms with van der Waals surface area (Å²) in [5, 5.41) is 3.01. The van der Waals surface area contributed by atoms with Crippen LogP contribution in [0, 0.1) is 0 Å². The maximum Gasteiger partial charge on any atom is 0.328 e. The van der Waals surface area contributed by atoms with Crippen molar-refractivity contribution in [1.29, 1.82) is 0 Å². The molecule has 0 fully saturated rings. The Hall–Kier alpha value is -1.42. The van der Waals surface area contributed by atoms with Gasteiger partial charge in [0.2, 0.25) is 0 Å². The second-order valence-corrected chi connectivity index (χ2v) is 4.05. The first-order valence-electron chi connectivity index (χ1n) is 5.27. The van der Waals surface area contributed by atoms with Crippen LogP contribution in [-0.2, 0) is 16.0 Å². The van der Waals surface area contributed by atoms with Gasteiger partial charge in [0.25, 0.3) is 0 Å². The summed E-state index contributed by atoms with van der Waals surface area (Å²) >= 11 is 5.22. The maximum absolute atomic E-state index is 11.6. The van der Waals surface area contributed by atoms with Crippen LogP contribution in [0.5, 0.6) is 0 Å². The zero-order chi connectivity index (χ0) is 11.5. The number of ether oxygens (including phenoxy) is 1. The molecule has 1 heterocycles. The molecule has 0 amide bonds. The van der Waals surface area contributed by atoms with E-state index < -0.39 is 0 Å². The third-order valence-electron chi connectivity index (χ3n) is 2.56. The molecule has 4 heteroatoms. The molecule has 1 aliphatic heterocycles. The van der Waals surface area contributed by atoms with Gasteiger partial charge in [0.15, 0.2) is 0 Å². The molecule has 1 aliphatic rings. The van der Waals surface area contributed by atoms with Crippen molar-refractivity contribution >= 4 is 23.2 Å². The van der Waals surface area contributed by atoms with Crippen LogP contribution in [0.3, 0.4) is 0 Å². The molecule has 1 unspecified atom stereocenters. The van der Waals surface area contributed by atoms with Crippen molar-refractivity contribution in [1.82, 2.24) is 5.32 Å². The summed E-state index contributed by atoms with van der Waals surface area (Å²) in [4.78, 5) is 12.2. The van der Waals surface area contributed by atoms with Gasteiger partial charge < -0.3 is 10.1 Å². The summed E-state index contributed by atoms with van der Waals surface area (Å²) in [7, 11) is 0. The maximum atomic E-state index is 11.6. The van der Waals surface area contributed by atoms with E-state index in [0.29, 0.717) is 18.0 Å². The molecule has 0 radical (unpaired) electrons. The lowest BCUT2D eigenvalue weighted by Crippen LogP contribution is -2.46. The van der Waals surface area contributed by atoms with Gasteiger partial charge in [0, 0.05) is 12.0 Å². The summed E-state index contributed by atoms with van der Waals surface area (Å²) < 4.78 is 4.98. The number of fused-ring (bicyclic) bond motifs is 1. The third kappa shape index (κ3) is 2.07. The Morgan fingerprint density at radius 2 is 2.31 bits per heavy atom. The zero-order valence-corrected chi connectivity index (χ0v) is 9.84. The van der Waals surface area contributed by atoms with E-state index in [0.717, 1.165) is 11.1 Å². The Balaban J connectivity index is 2.21. The number of thiocarbonyl (C=S) groups is 1. The molecule has 0 bridgehead atoms. The molecule has 1 N–H and O–H groups in total. The second kappa shape index (κ2) is 4.61. The number of rotatable bonds is 2. The van der Waals surface area contributed by atoms with E-state index in [-0.39, 0.29) is 12.0 Å². The molecule has 0 aliphatic carbocycles. The van der Waals surface area contributed by atoms with Gasteiger partial charge in [0.05, 0.1) is 6.61 Å². The molecule has 1 aromatic carbocycles. The summed E-state index contributed by atoms with van der Waals surface area (Å²) in [5.41, 5.74) is 2.11. The average molecular weight is 235 g/mol. The van der Waals surface area contributed by atoms with Gasteiger partial charge >= 0.3 is 5.97 Å². The number of esters is 1. The van der Waals surface area contributed by atoms with Crippen LogP contribution < -0.4 is 5.32 Å². The van der Waals surface area contributed by atoms with Crippen LogP contribution in [0.2, 0.25) is 0 Å². The first kappa shape index (κ1) is 11.1. The smallest absolute Gasteiger partial charge is 0.328 e. The number of carbonyl (C=O) groups is 1. The highest BCUT2D eigenvalue weighted by molar-refractivity contribution is 7.80. The van der Waals surface area contributed by atoms with E-state index >= 15 is 0 Å². The SMILES string of the molecule is CCOC(=O)C1Cc2ccccc2C(=S)N1. The van der Waals surface area contributed by atoms with E-state index in [1.807, 2.05) is 24.3 Å². The number of benzene rings is 1. The molecular weight excluding hydrogens is 222 g/mol. The Morgan fingerprint density at radius 1 is 1.56 bits per heavy atom. The van der Waals surface area contributed by atoms with Crippen LogP contribution in [0.25, 0.3) is 0 Å². The van der Waals surface area contributed by atoms with Gasteiger partial charge in [-0.3, -0.25) is 0 Å². The fourth-order valence-corrected chi connectivity index (χ4v) is 2.15. The van der Waals surface area contributed by atoms with Crippen molar-refractivity contribution in [2.75, 3.05) is 6.61 Å². The summed E-state index contributed by atoms with van der Waals surface area (Å²) in [5.74, 6) is -0.237. The Morgan fingerprint density at radius 3 is 3.06 bits per heavy atom. The Kier molecular flexibility index (Phi) is 3.19. The minimum atomic E-state index is -0.345. The normalized spacial score (nSPS) is 18.6. The van der Waals surface area contributed by atoms with E-state index in [9.17, 15) is 4.79 Å². The molecule has 0 spiro atoms. The minimum absolute atomic E-state index is 0.237. The molecule has 0 saturated carbocycles. The first-order chi connectivity index (χ1) is 7.72. The number of hydrogen-bond donors (Lipinski definition) is 1. The largest absolute Gasteiger partial charge is 0.464 e. The van der Waals surface area contributed by atoms with Crippen LogP contribution in [0.15, 0.2) is 24.3 Å². The Bertz CT molecular complexity index is 431. The lowest BCUT2D eigenvalue weighted by atomic mass is 9.96. The predicted molar refractivity (Wildman–Crippen MR) is 65.4 cm³/mol. The summed E-state index contributed by atoms with van der Waals surface area (Å²) in [6.45, 7) is 2.19. The fraction of sp³-hybridized carbons (Fsp3) is 0.333. The van der Waals surface area contributed by atoms with Gasteiger partial charge in [-0.15, -0.1) is 0 Å². The monoisotopic (exact) mass is 235 g/mol. The van der Waals surface area contributed by atoms with E-state index in [1.54, 1.807) is 6.92 Å². The second-order valence-electron chi connectivity index (χ2n) is 3.64. The lowest BCUT2D eigenvalue weighted by Gasteiger charge is -2.25. The number of carbonyl (C=O) groups excluding carboxylic acids is 1. The van der Waals surface area contributed by atoms with Crippen molar-refractivity contribution in [3.05, 3.63) is 35.4 Å². The molecule has 84 valence electrons. The van der Waals surface area contributed by atoms with Crippen molar-refractivity contribution in [2.24, 2.45) is 0 Å². The van der Waals surface area contributed by atoms with Gasteiger partial charge in [-0.2, -0.15) is 0 Å². The predicted octanol–water partition coefficient (Wildman–Crippen LogP) is 1.44. The van der Waals surface area contributed by atoms with Crippen LogP contribution >= 0.6 is 12.2 Å². The van der Waals surface area contributed by atoms with Crippen LogP contribution in [-0.4, -0.2) is 23.6 Å². The third-order valence-corrected chi connectivity index (χ3v) is 2.90. The number of nitrogens with one attached hydrogen (secondary N) is 1. The summed E-state index contributed by atoms with van der Waals surface area (Å²) in [6.07, 6.45) is 0.634. The molecule has 3 nitrogen and oxygen atoms in total. The van der Waals surface area contributed by atoms with E-state index in [4.69, 9.17) is 17.0 Å². The van der Waals surface area contributed by atoms with Gasteiger partial charge in [-0.25, -0.2) is 4.79 Å². The standard InChI is InChI=1S/C12H13NO2S/c1-2-15-12(14)10-7-8-5-3-4-6-9(8)11(16)13-10/h3-6,10H,2,7H2,1H3,(H,13,16). The minimum Gasteiger partial charge on any atom is -0.464 e. The molecule has 0 saturated heterocycles. The van der Waals surface area contributed by atoms with Crippen LogP contribution in [0.1, 0.15) is 18.1 Å². The van der Waals surface area contributed by atoms with E-state index in [1.165, 1.54) is 0 Å². The number of hydrogen-bond acceptors (Lipinski definition) is 3. The van der Waals surface area contributed by atoms with Crippen LogP contribution in [0.4, 0.5) is 0 Å². The zero-order valence-electron chi connectivity index (χ0n) is 9.03. The lowest BCUT2D eigenvalue weighted by molar-refractivity contribution is -0.145. The Labute approximate surface area is 99.8 Å². The topological polar surface area (TPSA) is 38.3 Å². The molecule has 16 heavy (non-hydrogen) atoms. The van der Waals surface area contributed by atoms with Crippen molar-refractivity contribution in [3.63, 3.8) is 0 Å². The fourth-order valence-electron chi connectivity index (χ4n) is 1.81. The molecular formula is C12H13NO2S.